The second-order valence-electron chi connectivity index (χ2n) is 4.57. The van der Waals surface area contributed by atoms with Gasteiger partial charge in [-0.1, -0.05) is 36.7 Å². The van der Waals surface area contributed by atoms with E-state index in [1.54, 1.807) is 42.5 Å². The van der Waals surface area contributed by atoms with E-state index in [2.05, 4.69) is 4.72 Å². The zero-order valence-electron chi connectivity index (χ0n) is 11.6. The standard InChI is InChI=1S/C15H17ClN2O2S/c1-2-11-7-8-13(9-12(11)10-17)21(19,20)18-15-6-4-3-5-14(15)16/h3-9,18H,2,10,17H2,1H3. The molecule has 0 saturated heterocycles. The van der Waals surface area contributed by atoms with Crippen molar-refractivity contribution in [2.75, 3.05) is 4.72 Å². The summed E-state index contributed by atoms with van der Waals surface area (Å²) in [7, 11) is -3.68. The number of hydrogen-bond donors (Lipinski definition) is 2. The highest BCUT2D eigenvalue weighted by atomic mass is 35.5. The minimum absolute atomic E-state index is 0.181. The van der Waals surface area contributed by atoms with Gasteiger partial charge in [0.2, 0.25) is 0 Å². The summed E-state index contributed by atoms with van der Waals surface area (Å²) in [4.78, 5) is 0.181. The van der Waals surface area contributed by atoms with Crippen molar-refractivity contribution in [1.29, 1.82) is 0 Å². The molecule has 0 aliphatic heterocycles. The quantitative estimate of drug-likeness (QED) is 0.887. The van der Waals surface area contributed by atoms with Gasteiger partial charge in [-0.05, 0) is 41.8 Å². The SMILES string of the molecule is CCc1ccc(S(=O)(=O)Nc2ccccc2Cl)cc1CN. The third-order valence-electron chi connectivity index (χ3n) is 3.21. The summed E-state index contributed by atoms with van der Waals surface area (Å²) >= 11 is 5.98. The van der Waals surface area contributed by atoms with Crippen molar-refractivity contribution >= 4 is 27.3 Å². The molecule has 0 atom stereocenters. The molecule has 0 bridgehead atoms. The zero-order valence-corrected chi connectivity index (χ0v) is 13.2. The summed E-state index contributed by atoms with van der Waals surface area (Å²) in [6, 6.07) is 11.7. The molecule has 2 rings (SSSR count). The summed E-state index contributed by atoms with van der Waals surface area (Å²) in [6.07, 6.45) is 0.810. The summed E-state index contributed by atoms with van der Waals surface area (Å²) in [5, 5.41) is 0.352. The van der Waals surface area contributed by atoms with Crippen molar-refractivity contribution < 1.29 is 8.42 Å². The Balaban J connectivity index is 2.38. The summed E-state index contributed by atoms with van der Waals surface area (Å²) in [6.45, 7) is 2.31. The molecule has 3 N–H and O–H groups in total. The first-order valence-corrected chi connectivity index (χ1v) is 8.43. The number of aryl methyl sites for hydroxylation is 1. The molecular formula is C15H17ClN2O2S. The Morgan fingerprint density at radius 1 is 1.14 bits per heavy atom. The molecule has 0 amide bonds. The number of anilines is 1. The van der Waals surface area contributed by atoms with Crippen LogP contribution in [0.4, 0.5) is 5.69 Å². The molecule has 0 spiro atoms. The van der Waals surface area contributed by atoms with E-state index < -0.39 is 10.0 Å². The van der Waals surface area contributed by atoms with Gasteiger partial charge in [0.1, 0.15) is 0 Å². The van der Waals surface area contributed by atoms with Crippen LogP contribution in [0, 0.1) is 0 Å². The van der Waals surface area contributed by atoms with Crippen LogP contribution >= 0.6 is 11.6 Å². The van der Waals surface area contributed by atoms with Crippen LogP contribution in [-0.4, -0.2) is 8.42 Å². The maximum absolute atomic E-state index is 12.4. The van der Waals surface area contributed by atoms with Crippen LogP contribution in [0.1, 0.15) is 18.1 Å². The van der Waals surface area contributed by atoms with Gasteiger partial charge in [-0.25, -0.2) is 8.42 Å². The molecule has 0 radical (unpaired) electrons. The molecule has 6 heteroatoms. The van der Waals surface area contributed by atoms with E-state index >= 15 is 0 Å². The average molecular weight is 325 g/mol. The Hall–Kier alpha value is -1.56. The lowest BCUT2D eigenvalue weighted by molar-refractivity contribution is 0.601. The second-order valence-corrected chi connectivity index (χ2v) is 6.66. The largest absolute Gasteiger partial charge is 0.326 e. The van der Waals surface area contributed by atoms with Crippen molar-refractivity contribution in [3.05, 3.63) is 58.6 Å². The minimum atomic E-state index is -3.68. The number of benzene rings is 2. The van der Waals surface area contributed by atoms with Gasteiger partial charge in [0.25, 0.3) is 10.0 Å². The Kier molecular flexibility index (Phi) is 4.88. The molecule has 21 heavy (non-hydrogen) atoms. The van der Waals surface area contributed by atoms with Crippen LogP contribution in [0.3, 0.4) is 0 Å². The summed E-state index contributed by atoms with van der Waals surface area (Å²) in [5.41, 5.74) is 7.92. The predicted molar refractivity (Wildman–Crippen MR) is 86.0 cm³/mol. The van der Waals surface area contributed by atoms with Gasteiger partial charge < -0.3 is 5.73 Å². The molecule has 2 aromatic rings. The smallest absolute Gasteiger partial charge is 0.261 e. The van der Waals surface area contributed by atoms with Crippen molar-refractivity contribution in [1.82, 2.24) is 0 Å². The lowest BCUT2D eigenvalue weighted by Crippen LogP contribution is -2.14. The van der Waals surface area contributed by atoms with Crippen molar-refractivity contribution in [3.8, 4) is 0 Å². The lowest BCUT2D eigenvalue weighted by Gasteiger charge is -2.12. The lowest BCUT2D eigenvalue weighted by atomic mass is 10.1. The fourth-order valence-corrected chi connectivity index (χ4v) is 3.42. The number of nitrogens with one attached hydrogen (secondary N) is 1. The first-order chi connectivity index (χ1) is 9.97. The molecule has 0 unspecified atom stereocenters. The molecule has 4 nitrogen and oxygen atoms in total. The zero-order chi connectivity index (χ0) is 15.5. The van der Waals surface area contributed by atoms with Crippen LogP contribution in [-0.2, 0) is 23.0 Å². The molecule has 2 aromatic carbocycles. The minimum Gasteiger partial charge on any atom is -0.326 e. The van der Waals surface area contributed by atoms with Gasteiger partial charge >= 0.3 is 0 Å². The van der Waals surface area contributed by atoms with Crippen LogP contribution < -0.4 is 10.5 Å². The van der Waals surface area contributed by atoms with Crippen molar-refractivity contribution in [2.45, 2.75) is 24.8 Å². The molecule has 0 aliphatic rings. The highest BCUT2D eigenvalue weighted by Crippen LogP contribution is 2.25. The topological polar surface area (TPSA) is 72.2 Å². The Morgan fingerprint density at radius 2 is 1.86 bits per heavy atom. The van der Waals surface area contributed by atoms with Gasteiger partial charge in [-0.3, -0.25) is 4.72 Å². The predicted octanol–water partition coefficient (Wildman–Crippen LogP) is 3.16. The van der Waals surface area contributed by atoms with Crippen LogP contribution in [0.15, 0.2) is 47.4 Å². The van der Waals surface area contributed by atoms with Gasteiger partial charge in [-0.2, -0.15) is 0 Å². The molecule has 0 aromatic heterocycles. The van der Waals surface area contributed by atoms with Crippen LogP contribution in [0.25, 0.3) is 0 Å². The maximum Gasteiger partial charge on any atom is 0.261 e. The number of para-hydroxylation sites is 1. The molecular weight excluding hydrogens is 308 g/mol. The van der Waals surface area contributed by atoms with E-state index in [1.165, 1.54) is 0 Å². The monoisotopic (exact) mass is 324 g/mol. The van der Waals surface area contributed by atoms with Gasteiger partial charge in [0, 0.05) is 6.54 Å². The first kappa shape index (κ1) is 15.8. The van der Waals surface area contributed by atoms with E-state index in [0.717, 1.165) is 17.5 Å². The molecule has 112 valence electrons. The summed E-state index contributed by atoms with van der Waals surface area (Å²) < 4.78 is 27.3. The van der Waals surface area contributed by atoms with Crippen LogP contribution in [0.5, 0.6) is 0 Å². The normalized spacial score (nSPS) is 11.4. The van der Waals surface area contributed by atoms with Gasteiger partial charge in [0.05, 0.1) is 15.6 Å². The van der Waals surface area contributed by atoms with E-state index in [1.807, 2.05) is 6.92 Å². The Labute approximate surface area is 130 Å². The number of hydrogen-bond acceptors (Lipinski definition) is 3. The number of sulfonamides is 1. The molecule has 0 heterocycles. The highest BCUT2D eigenvalue weighted by Gasteiger charge is 2.16. The molecule has 0 saturated carbocycles. The van der Waals surface area contributed by atoms with Gasteiger partial charge in [-0.15, -0.1) is 0 Å². The fourth-order valence-electron chi connectivity index (χ4n) is 2.05. The Morgan fingerprint density at radius 3 is 2.48 bits per heavy atom. The van der Waals surface area contributed by atoms with E-state index in [-0.39, 0.29) is 4.90 Å². The van der Waals surface area contributed by atoms with E-state index in [9.17, 15) is 8.42 Å². The Bertz CT molecular complexity index is 745. The number of halogens is 1. The highest BCUT2D eigenvalue weighted by molar-refractivity contribution is 7.92. The maximum atomic E-state index is 12.4. The molecule has 0 aliphatic carbocycles. The van der Waals surface area contributed by atoms with E-state index in [4.69, 9.17) is 17.3 Å². The number of nitrogens with two attached hydrogens (primary N) is 1. The van der Waals surface area contributed by atoms with Crippen LogP contribution in [0.2, 0.25) is 5.02 Å². The van der Waals surface area contributed by atoms with Crippen molar-refractivity contribution in [2.24, 2.45) is 5.73 Å². The van der Waals surface area contributed by atoms with E-state index in [0.29, 0.717) is 17.3 Å². The molecule has 0 fully saturated rings. The fraction of sp³-hybridized carbons (Fsp3) is 0.200. The third kappa shape index (κ3) is 3.56. The summed E-state index contributed by atoms with van der Waals surface area (Å²) in [5.74, 6) is 0. The van der Waals surface area contributed by atoms with Crippen molar-refractivity contribution in [3.63, 3.8) is 0 Å². The number of rotatable bonds is 5. The average Bonchev–Trinajstić information content (AvgIpc) is 2.48. The third-order valence-corrected chi connectivity index (χ3v) is 4.90. The first-order valence-electron chi connectivity index (χ1n) is 6.57. The van der Waals surface area contributed by atoms with Gasteiger partial charge in [0.15, 0.2) is 0 Å². The second kappa shape index (κ2) is 6.47.